The fourth-order valence-corrected chi connectivity index (χ4v) is 3.85. The molecule has 5 nitrogen and oxygen atoms in total. The van der Waals surface area contributed by atoms with Gasteiger partial charge in [-0.2, -0.15) is 0 Å². The van der Waals surface area contributed by atoms with Crippen LogP contribution in [0.25, 0.3) is 0 Å². The van der Waals surface area contributed by atoms with E-state index in [0.29, 0.717) is 25.8 Å². The van der Waals surface area contributed by atoms with Gasteiger partial charge in [0, 0.05) is 6.54 Å². The summed E-state index contributed by atoms with van der Waals surface area (Å²) in [6, 6.07) is 15.9. The van der Waals surface area contributed by atoms with Crippen molar-refractivity contribution in [1.29, 1.82) is 0 Å². The molecular formula is C24H29NO4. The Morgan fingerprint density at radius 1 is 0.931 bits per heavy atom. The van der Waals surface area contributed by atoms with Gasteiger partial charge >= 0.3 is 5.97 Å². The van der Waals surface area contributed by atoms with Gasteiger partial charge in [-0.25, -0.2) is 0 Å². The number of hydrogen-bond acceptors (Lipinski definition) is 3. The van der Waals surface area contributed by atoms with E-state index in [9.17, 15) is 14.7 Å². The molecule has 0 spiro atoms. The van der Waals surface area contributed by atoms with Crippen LogP contribution in [0.15, 0.2) is 48.5 Å². The lowest BCUT2D eigenvalue weighted by Gasteiger charge is -2.27. The van der Waals surface area contributed by atoms with E-state index in [1.54, 1.807) is 0 Å². The largest absolute Gasteiger partial charge is 0.481 e. The van der Waals surface area contributed by atoms with Gasteiger partial charge in [-0.05, 0) is 61.1 Å². The molecular weight excluding hydrogens is 366 g/mol. The highest BCUT2D eigenvalue weighted by Gasteiger charge is 2.35. The Balaban J connectivity index is 1.47. The van der Waals surface area contributed by atoms with Crippen molar-refractivity contribution in [3.05, 3.63) is 59.7 Å². The number of rotatable bonds is 8. The van der Waals surface area contributed by atoms with Crippen LogP contribution in [0.3, 0.4) is 0 Å². The van der Waals surface area contributed by atoms with Gasteiger partial charge in [0.1, 0.15) is 11.5 Å². The number of carbonyl (C=O) groups excluding carboxylic acids is 1. The predicted octanol–water partition coefficient (Wildman–Crippen LogP) is 4.59. The number of nitrogens with one attached hydrogen (secondary N) is 1. The Morgan fingerprint density at radius 2 is 1.48 bits per heavy atom. The molecule has 3 rings (SSSR count). The van der Waals surface area contributed by atoms with E-state index in [1.165, 1.54) is 5.56 Å². The fourth-order valence-electron chi connectivity index (χ4n) is 3.85. The van der Waals surface area contributed by atoms with Gasteiger partial charge in [0.2, 0.25) is 5.91 Å². The zero-order valence-corrected chi connectivity index (χ0v) is 16.9. The third-order valence-corrected chi connectivity index (χ3v) is 5.62. The van der Waals surface area contributed by atoms with E-state index in [4.69, 9.17) is 4.74 Å². The molecule has 1 saturated carbocycles. The lowest BCUT2D eigenvalue weighted by atomic mass is 9.78. The molecule has 2 aromatic rings. The van der Waals surface area contributed by atoms with Gasteiger partial charge in [-0.1, -0.05) is 44.0 Å². The van der Waals surface area contributed by atoms with Crippen LogP contribution in [0.4, 0.5) is 0 Å². The first-order valence-electron chi connectivity index (χ1n) is 10.4. The normalized spacial score (nSPS) is 18.8. The topological polar surface area (TPSA) is 75.6 Å². The number of benzene rings is 2. The number of carboxylic acids is 1. The molecule has 29 heavy (non-hydrogen) atoms. The highest BCUT2D eigenvalue weighted by atomic mass is 16.5. The van der Waals surface area contributed by atoms with Crippen molar-refractivity contribution in [2.45, 2.75) is 45.4 Å². The van der Waals surface area contributed by atoms with Crippen LogP contribution in [0.5, 0.6) is 11.5 Å². The van der Waals surface area contributed by atoms with E-state index in [0.717, 1.165) is 36.3 Å². The standard InChI is InChI=1S/C24H29NO4/c1-2-17-7-11-19(12-8-17)29-20-13-9-18(10-14-20)15-16-25-23(26)21-5-3-4-6-22(21)24(27)28/h7-14,21-22H,2-6,15-16H2,1H3,(H,25,26)(H,27,28). The number of carboxylic acid groups (broad SMARTS) is 1. The fraction of sp³-hybridized carbons (Fsp3) is 0.417. The second-order valence-corrected chi connectivity index (χ2v) is 7.62. The Morgan fingerprint density at radius 3 is 2.03 bits per heavy atom. The molecule has 154 valence electrons. The zero-order valence-electron chi connectivity index (χ0n) is 16.9. The summed E-state index contributed by atoms with van der Waals surface area (Å²) in [6.07, 6.45) is 4.76. The molecule has 0 bridgehead atoms. The van der Waals surface area contributed by atoms with Gasteiger partial charge < -0.3 is 15.2 Å². The maximum absolute atomic E-state index is 12.4. The van der Waals surface area contributed by atoms with Crippen LogP contribution in [0.1, 0.15) is 43.7 Å². The monoisotopic (exact) mass is 395 g/mol. The van der Waals surface area contributed by atoms with E-state index in [-0.39, 0.29) is 5.91 Å². The average Bonchev–Trinajstić information content (AvgIpc) is 2.75. The summed E-state index contributed by atoms with van der Waals surface area (Å²) in [7, 11) is 0. The summed E-state index contributed by atoms with van der Waals surface area (Å²) in [5.74, 6) is -0.365. The summed E-state index contributed by atoms with van der Waals surface area (Å²) in [6.45, 7) is 2.62. The number of hydrogen-bond donors (Lipinski definition) is 2. The lowest BCUT2D eigenvalue weighted by Crippen LogP contribution is -2.40. The first kappa shape index (κ1) is 20.9. The van der Waals surface area contributed by atoms with Crippen LogP contribution in [-0.2, 0) is 22.4 Å². The number of ether oxygens (including phenoxy) is 1. The number of aliphatic carboxylic acids is 1. The maximum Gasteiger partial charge on any atom is 0.307 e. The van der Waals surface area contributed by atoms with Crippen molar-refractivity contribution in [1.82, 2.24) is 5.32 Å². The molecule has 1 aliphatic rings. The van der Waals surface area contributed by atoms with Crippen molar-refractivity contribution in [3.63, 3.8) is 0 Å². The van der Waals surface area contributed by atoms with Crippen molar-refractivity contribution >= 4 is 11.9 Å². The predicted molar refractivity (Wildman–Crippen MR) is 112 cm³/mol. The van der Waals surface area contributed by atoms with Crippen LogP contribution >= 0.6 is 0 Å². The van der Waals surface area contributed by atoms with Gasteiger partial charge in [-0.3, -0.25) is 9.59 Å². The summed E-state index contributed by atoms with van der Waals surface area (Å²) in [5, 5.41) is 12.2. The molecule has 1 aliphatic carbocycles. The molecule has 2 N–H and O–H groups in total. The first-order valence-corrected chi connectivity index (χ1v) is 10.4. The number of aryl methyl sites for hydroxylation is 1. The number of amides is 1. The van der Waals surface area contributed by atoms with Crippen LogP contribution in [0, 0.1) is 11.8 Å². The molecule has 0 radical (unpaired) electrons. The van der Waals surface area contributed by atoms with E-state index in [1.807, 2.05) is 36.4 Å². The van der Waals surface area contributed by atoms with Crippen molar-refractivity contribution in [2.75, 3.05) is 6.54 Å². The van der Waals surface area contributed by atoms with Crippen molar-refractivity contribution < 1.29 is 19.4 Å². The summed E-state index contributed by atoms with van der Waals surface area (Å²) < 4.78 is 5.86. The molecule has 2 aromatic carbocycles. The Hall–Kier alpha value is -2.82. The highest BCUT2D eigenvalue weighted by molar-refractivity contribution is 5.84. The summed E-state index contributed by atoms with van der Waals surface area (Å²) in [4.78, 5) is 23.8. The summed E-state index contributed by atoms with van der Waals surface area (Å²) in [5.41, 5.74) is 2.37. The second-order valence-electron chi connectivity index (χ2n) is 7.62. The minimum atomic E-state index is -0.857. The zero-order chi connectivity index (χ0) is 20.6. The van der Waals surface area contributed by atoms with E-state index in [2.05, 4.69) is 24.4 Å². The number of carbonyl (C=O) groups is 2. The van der Waals surface area contributed by atoms with E-state index >= 15 is 0 Å². The summed E-state index contributed by atoms with van der Waals surface area (Å²) >= 11 is 0. The average molecular weight is 395 g/mol. The van der Waals surface area contributed by atoms with Gasteiger partial charge in [0.15, 0.2) is 0 Å². The molecule has 1 fully saturated rings. The first-order chi connectivity index (χ1) is 14.1. The third-order valence-electron chi connectivity index (χ3n) is 5.62. The van der Waals surface area contributed by atoms with Crippen LogP contribution in [0.2, 0.25) is 0 Å². The molecule has 0 heterocycles. The lowest BCUT2D eigenvalue weighted by molar-refractivity contribution is -0.148. The third kappa shape index (κ3) is 5.83. The molecule has 0 aromatic heterocycles. The van der Waals surface area contributed by atoms with Gasteiger partial charge in [0.25, 0.3) is 0 Å². The Labute approximate surface area is 172 Å². The molecule has 1 amide bonds. The minimum Gasteiger partial charge on any atom is -0.481 e. The maximum atomic E-state index is 12.4. The van der Waals surface area contributed by atoms with Crippen LogP contribution in [-0.4, -0.2) is 23.5 Å². The van der Waals surface area contributed by atoms with Crippen LogP contribution < -0.4 is 10.1 Å². The highest BCUT2D eigenvalue weighted by Crippen LogP contribution is 2.30. The Bertz CT molecular complexity index is 814. The van der Waals surface area contributed by atoms with Crippen molar-refractivity contribution in [3.8, 4) is 11.5 Å². The van der Waals surface area contributed by atoms with Gasteiger partial charge in [-0.15, -0.1) is 0 Å². The molecule has 2 unspecified atom stereocenters. The molecule has 0 saturated heterocycles. The Kier molecular flexibility index (Phi) is 7.28. The molecule has 5 heteroatoms. The molecule has 2 atom stereocenters. The van der Waals surface area contributed by atoms with Gasteiger partial charge in [0.05, 0.1) is 11.8 Å². The minimum absolute atomic E-state index is 0.132. The molecule has 0 aliphatic heterocycles. The smallest absolute Gasteiger partial charge is 0.307 e. The van der Waals surface area contributed by atoms with Crippen molar-refractivity contribution in [2.24, 2.45) is 11.8 Å². The van der Waals surface area contributed by atoms with E-state index < -0.39 is 17.8 Å². The SMILES string of the molecule is CCc1ccc(Oc2ccc(CCNC(=O)C3CCCCC3C(=O)O)cc2)cc1. The quantitative estimate of drug-likeness (QED) is 0.685. The second kappa shape index (κ2) is 10.1.